The minimum absolute atomic E-state index is 0.315. The largest absolute Gasteiger partial charge is 0.369 e. The maximum Gasteiger partial charge on any atom is 0.229 e. The fraction of sp³-hybridized carbons (Fsp3) is 0.333. The zero-order chi connectivity index (χ0) is 23.0. The lowest BCUT2D eigenvalue weighted by atomic mass is 10.2. The van der Waals surface area contributed by atoms with Gasteiger partial charge in [-0.3, -0.25) is 0 Å². The van der Waals surface area contributed by atoms with Crippen molar-refractivity contribution in [3.05, 3.63) is 60.3 Å². The molecule has 3 heterocycles. The molecular weight excluding hydrogens is 436 g/mol. The lowest BCUT2D eigenvalue weighted by Crippen LogP contribution is -2.44. The van der Waals surface area contributed by atoms with Crippen molar-refractivity contribution >= 4 is 38.7 Å². The van der Waals surface area contributed by atoms with E-state index in [9.17, 15) is 8.42 Å². The van der Waals surface area contributed by atoms with Gasteiger partial charge in [0, 0.05) is 67.8 Å². The van der Waals surface area contributed by atoms with Crippen LogP contribution in [0.2, 0.25) is 0 Å². The second-order valence-corrected chi connectivity index (χ2v) is 10.7. The van der Waals surface area contributed by atoms with E-state index in [-0.39, 0.29) is 0 Å². The van der Waals surface area contributed by atoms with Crippen molar-refractivity contribution in [1.82, 2.24) is 14.9 Å². The molecule has 0 aliphatic carbocycles. The van der Waals surface area contributed by atoms with Gasteiger partial charge in [0.15, 0.2) is 9.84 Å². The number of anilines is 5. The number of fused-ring (bicyclic) bond motifs is 1. The van der Waals surface area contributed by atoms with Crippen molar-refractivity contribution in [3.8, 4) is 0 Å². The summed E-state index contributed by atoms with van der Waals surface area (Å²) in [6, 6.07) is 15.3. The number of rotatable bonds is 5. The Morgan fingerprint density at radius 2 is 1.55 bits per heavy atom. The van der Waals surface area contributed by atoms with Crippen molar-refractivity contribution in [2.45, 2.75) is 11.3 Å². The second kappa shape index (κ2) is 8.64. The van der Waals surface area contributed by atoms with E-state index in [0.29, 0.717) is 10.8 Å². The smallest absolute Gasteiger partial charge is 0.229 e. The van der Waals surface area contributed by atoms with Crippen LogP contribution in [0.3, 0.4) is 0 Å². The van der Waals surface area contributed by atoms with Gasteiger partial charge in [-0.15, -0.1) is 0 Å². The molecule has 2 aliphatic rings. The van der Waals surface area contributed by atoms with Crippen LogP contribution in [-0.2, 0) is 16.3 Å². The zero-order valence-electron chi connectivity index (χ0n) is 18.9. The Kier molecular flexibility index (Phi) is 5.67. The number of piperazine rings is 1. The Balaban J connectivity index is 1.31. The molecule has 9 heteroatoms. The van der Waals surface area contributed by atoms with Crippen LogP contribution in [0.4, 0.5) is 28.8 Å². The van der Waals surface area contributed by atoms with Gasteiger partial charge in [-0.2, -0.15) is 4.98 Å². The van der Waals surface area contributed by atoms with Crippen molar-refractivity contribution in [2.75, 3.05) is 61.1 Å². The number of hydrogen-bond donors (Lipinski definition) is 1. The van der Waals surface area contributed by atoms with Gasteiger partial charge in [-0.25, -0.2) is 13.4 Å². The molecule has 2 aromatic carbocycles. The Morgan fingerprint density at radius 3 is 2.21 bits per heavy atom. The third-order valence-corrected chi connectivity index (χ3v) is 7.40. The summed E-state index contributed by atoms with van der Waals surface area (Å²) in [6.07, 6.45) is 3.94. The molecule has 0 spiro atoms. The van der Waals surface area contributed by atoms with Gasteiger partial charge in [0.05, 0.1) is 4.90 Å². The highest BCUT2D eigenvalue weighted by atomic mass is 32.2. The fourth-order valence-electron chi connectivity index (χ4n) is 4.28. The maximum atomic E-state index is 11.8. The number of benzene rings is 2. The predicted octanol–water partition coefficient (Wildman–Crippen LogP) is 3.07. The Hall–Kier alpha value is -3.17. The summed E-state index contributed by atoms with van der Waals surface area (Å²) in [5.74, 6) is 1.40. The highest BCUT2D eigenvalue weighted by Crippen LogP contribution is 2.34. The fourth-order valence-corrected chi connectivity index (χ4v) is 4.91. The van der Waals surface area contributed by atoms with E-state index < -0.39 is 9.84 Å². The van der Waals surface area contributed by atoms with Crippen LogP contribution in [-0.4, -0.2) is 69.3 Å². The van der Waals surface area contributed by atoms with Crippen molar-refractivity contribution in [1.29, 1.82) is 0 Å². The average Bonchev–Trinajstić information content (AvgIpc) is 3.23. The molecule has 0 atom stereocenters. The SMILES string of the molecule is CN1CCN(c2ccc(Nc3ncc4c(n3)N(c3ccc(S(C)(=O)=O)cc3)CC4)cc2)CC1. The van der Waals surface area contributed by atoms with Gasteiger partial charge < -0.3 is 20.0 Å². The molecule has 5 rings (SSSR count). The Bertz CT molecular complexity index is 1240. The molecule has 172 valence electrons. The molecule has 0 saturated carbocycles. The van der Waals surface area contributed by atoms with E-state index in [1.54, 1.807) is 12.1 Å². The standard InChI is InChI=1S/C24H28N6O2S/c1-28-13-15-29(16-14-28)20-5-3-19(4-6-20)26-24-25-17-18-11-12-30(23(18)27-24)21-7-9-22(10-8-21)33(2,31)32/h3-10,17H,11-16H2,1-2H3,(H,25,26,27). The normalized spacial score (nSPS) is 16.7. The average molecular weight is 465 g/mol. The van der Waals surface area contributed by atoms with Crippen LogP contribution in [0.5, 0.6) is 0 Å². The Morgan fingerprint density at radius 1 is 0.879 bits per heavy atom. The van der Waals surface area contributed by atoms with E-state index in [0.717, 1.165) is 61.9 Å². The first-order chi connectivity index (χ1) is 15.9. The van der Waals surface area contributed by atoms with Crippen molar-refractivity contribution in [3.63, 3.8) is 0 Å². The molecule has 33 heavy (non-hydrogen) atoms. The molecule has 0 bridgehead atoms. The summed E-state index contributed by atoms with van der Waals surface area (Å²) >= 11 is 0. The van der Waals surface area contributed by atoms with E-state index in [2.05, 4.69) is 56.3 Å². The van der Waals surface area contributed by atoms with Gasteiger partial charge in [-0.1, -0.05) is 0 Å². The number of likely N-dealkylation sites (N-methyl/N-ethyl adjacent to an activating group) is 1. The molecule has 0 amide bonds. The molecule has 1 fully saturated rings. The van der Waals surface area contributed by atoms with Gasteiger partial charge in [-0.05, 0) is 62.0 Å². The third-order valence-electron chi connectivity index (χ3n) is 6.27. The molecule has 1 aromatic heterocycles. The van der Waals surface area contributed by atoms with E-state index in [4.69, 9.17) is 4.98 Å². The molecule has 0 radical (unpaired) electrons. The minimum atomic E-state index is -3.22. The number of aromatic nitrogens is 2. The Labute approximate surface area is 194 Å². The van der Waals surface area contributed by atoms with E-state index >= 15 is 0 Å². The first-order valence-corrected chi connectivity index (χ1v) is 13.0. The highest BCUT2D eigenvalue weighted by Gasteiger charge is 2.23. The molecule has 1 N–H and O–H groups in total. The van der Waals surface area contributed by atoms with E-state index in [1.165, 1.54) is 11.9 Å². The number of nitrogens with zero attached hydrogens (tertiary/aromatic N) is 5. The number of hydrogen-bond acceptors (Lipinski definition) is 8. The topological polar surface area (TPSA) is 81.7 Å². The second-order valence-electron chi connectivity index (χ2n) is 8.67. The summed E-state index contributed by atoms with van der Waals surface area (Å²) in [5, 5.41) is 3.32. The molecule has 2 aliphatic heterocycles. The zero-order valence-corrected chi connectivity index (χ0v) is 19.7. The van der Waals surface area contributed by atoms with Crippen LogP contribution in [0.15, 0.2) is 59.6 Å². The van der Waals surface area contributed by atoms with Crippen LogP contribution in [0.25, 0.3) is 0 Å². The summed E-state index contributed by atoms with van der Waals surface area (Å²) in [7, 11) is -1.06. The third kappa shape index (κ3) is 4.65. The summed E-state index contributed by atoms with van der Waals surface area (Å²) in [5.41, 5.74) is 4.17. The quantitative estimate of drug-likeness (QED) is 0.617. The van der Waals surface area contributed by atoms with E-state index in [1.807, 2.05) is 18.3 Å². The maximum absolute atomic E-state index is 11.8. The van der Waals surface area contributed by atoms with Gasteiger partial charge in [0.2, 0.25) is 5.95 Å². The lowest BCUT2D eigenvalue weighted by Gasteiger charge is -2.34. The summed E-state index contributed by atoms with van der Waals surface area (Å²) in [6.45, 7) is 5.02. The van der Waals surface area contributed by atoms with Crippen LogP contribution in [0, 0.1) is 0 Å². The monoisotopic (exact) mass is 464 g/mol. The molecule has 3 aromatic rings. The van der Waals surface area contributed by atoms with Gasteiger partial charge >= 0.3 is 0 Å². The van der Waals surface area contributed by atoms with Crippen molar-refractivity contribution in [2.24, 2.45) is 0 Å². The first-order valence-electron chi connectivity index (χ1n) is 11.1. The van der Waals surface area contributed by atoms with Crippen molar-refractivity contribution < 1.29 is 8.42 Å². The number of sulfone groups is 1. The molecular formula is C24H28N6O2S. The van der Waals surface area contributed by atoms with Crippen LogP contribution < -0.4 is 15.1 Å². The van der Waals surface area contributed by atoms with Gasteiger partial charge in [0.25, 0.3) is 0 Å². The number of nitrogens with one attached hydrogen (secondary N) is 1. The molecule has 0 unspecified atom stereocenters. The van der Waals surface area contributed by atoms with Crippen LogP contribution in [0.1, 0.15) is 5.56 Å². The minimum Gasteiger partial charge on any atom is -0.369 e. The highest BCUT2D eigenvalue weighted by molar-refractivity contribution is 7.90. The molecule has 1 saturated heterocycles. The first kappa shape index (κ1) is 21.7. The van der Waals surface area contributed by atoms with Gasteiger partial charge in [0.1, 0.15) is 5.82 Å². The lowest BCUT2D eigenvalue weighted by molar-refractivity contribution is 0.313. The summed E-state index contributed by atoms with van der Waals surface area (Å²) in [4.78, 5) is 16.4. The predicted molar refractivity (Wildman–Crippen MR) is 132 cm³/mol. The molecule has 8 nitrogen and oxygen atoms in total. The summed E-state index contributed by atoms with van der Waals surface area (Å²) < 4.78 is 23.5. The van der Waals surface area contributed by atoms with Crippen LogP contribution >= 0.6 is 0 Å².